The lowest BCUT2D eigenvalue weighted by atomic mass is 10.0. The highest BCUT2D eigenvalue weighted by Crippen LogP contribution is 2.33. The maximum Gasteiger partial charge on any atom is 0.254 e. The van der Waals surface area contributed by atoms with Gasteiger partial charge in [-0.25, -0.2) is 0 Å². The van der Waals surface area contributed by atoms with Crippen molar-refractivity contribution in [1.29, 1.82) is 0 Å². The second kappa shape index (κ2) is 7.86. The van der Waals surface area contributed by atoms with Gasteiger partial charge in [0.2, 0.25) is 0 Å². The fourth-order valence-electron chi connectivity index (χ4n) is 3.67. The summed E-state index contributed by atoms with van der Waals surface area (Å²) in [5.74, 6) is 0.673. The summed E-state index contributed by atoms with van der Waals surface area (Å²) in [4.78, 5) is 19.9. The highest BCUT2D eigenvalue weighted by Gasteiger charge is 2.33. The van der Waals surface area contributed by atoms with Crippen molar-refractivity contribution in [3.63, 3.8) is 0 Å². The topological polar surface area (TPSA) is 73.4 Å². The van der Waals surface area contributed by atoms with Crippen LogP contribution in [-0.2, 0) is 6.54 Å². The normalized spacial score (nSPS) is 15.9. The third-order valence-electron chi connectivity index (χ3n) is 5.08. The van der Waals surface area contributed by atoms with Crippen LogP contribution in [0.5, 0.6) is 5.75 Å². The highest BCUT2D eigenvalue weighted by molar-refractivity contribution is 5.95. The van der Waals surface area contributed by atoms with E-state index < -0.39 is 0 Å². The van der Waals surface area contributed by atoms with Crippen molar-refractivity contribution in [2.75, 3.05) is 19.7 Å². The van der Waals surface area contributed by atoms with Gasteiger partial charge in [0, 0.05) is 43.3 Å². The van der Waals surface area contributed by atoms with Gasteiger partial charge >= 0.3 is 0 Å². The minimum absolute atomic E-state index is 0.0271. The molecule has 0 fully saturated rings. The number of nitrogens with two attached hydrogens (primary N) is 1. The number of fused-ring (bicyclic) bond motifs is 1. The van der Waals surface area contributed by atoms with Crippen molar-refractivity contribution in [3.8, 4) is 5.75 Å². The van der Waals surface area contributed by atoms with Crippen molar-refractivity contribution in [3.05, 3.63) is 83.4 Å². The Morgan fingerprint density at radius 3 is 2.89 bits per heavy atom. The van der Waals surface area contributed by atoms with Crippen molar-refractivity contribution in [2.24, 2.45) is 5.73 Å². The van der Waals surface area contributed by atoms with Gasteiger partial charge in [0.05, 0.1) is 5.69 Å². The van der Waals surface area contributed by atoms with Gasteiger partial charge in [-0.15, -0.1) is 0 Å². The van der Waals surface area contributed by atoms with Gasteiger partial charge in [-0.1, -0.05) is 12.1 Å². The van der Waals surface area contributed by atoms with Crippen LogP contribution >= 0.6 is 0 Å². The first-order chi connectivity index (χ1) is 13.7. The van der Waals surface area contributed by atoms with E-state index in [9.17, 15) is 4.79 Å². The van der Waals surface area contributed by atoms with E-state index in [-0.39, 0.29) is 11.9 Å². The number of ether oxygens (including phenoxy) is 1. The van der Waals surface area contributed by atoms with E-state index in [4.69, 9.17) is 10.5 Å². The molecule has 0 saturated carbocycles. The number of carbonyl (C=O) groups is 1. The van der Waals surface area contributed by atoms with Crippen LogP contribution in [0.2, 0.25) is 0 Å². The quantitative estimate of drug-likeness (QED) is 0.743. The minimum atomic E-state index is -0.216. The van der Waals surface area contributed by atoms with E-state index in [1.54, 1.807) is 6.20 Å². The maximum absolute atomic E-state index is 13.5. The molecule has 1 aliphatic rings. The van der Waals surface area contributed by atoms with E-state index in [0.717, 1.165) is 23.5 Å². The highest BCUT2D eigenvalue weighted by atomic mass is 16.5. The van der Waals surface area contributed by atoms with E-state index in [0.29, 0.717) is 31.0 Å². The van der Waals surface area contributed by atoms with Gasteiger partial charge in [0.1, 0.15) is 18.4 Å². The standard InChI is InChI=1S/C22H24N4O2/c1-16-7-8-17(15-20(16)28-14-9-23)22(27)26-13-12-25-11-4-6-19(25)21(26)18-5-2-3-10-24-18/h2-8,10-11,15,21H,9,12-14,23H2,1H3/t21-/m1/s1. The molecule has 0 saturated heterocycles. The summed E-state index contributed by atoms with van der Waals surface area (Å²) >= 11 is 0. The van der Waals surface area contributed by atoms with Crippen LogP contribution in [0.4, 0.5) is 0 Å². The summed E-state index contributed by atoms with van der Waals surface area (Å²) in [5, 5.41) is 0. The average molecular weight is 376 g/mol. The molecule has 28 heavy (non-hydrogen) atoms. The summed E-state index contributed by atoms with van der Waals surface area (Å²) in [6.07, 6.45) is 3.82. The zero-order valence-corrected chi connectivity index (χ0v) is 15.9. The molecule has 0 spiro atoms. The van der Waals surface area contributed by atoms with Crippen molar-refractivity contribution < 1.29 is 9.53 Å². The number of aryl methyl sites for hydroxylation is 1. The first-order valence-electron chi connectivity index (χ1n) is 9.49. The molecule has 0 unspecified atom stereocenters. The second-order valence-corrected chi connectivity index (χ2v) is 6.90. The number of benzene rings is 1. The molecule has 0 bridgehead atoms. The van der Waals surface area contributed by atoms with Gasteiger partial charge in [0.25, 0.3) is 5.91 Å². The fraction of sp³-hybridized carbons (Fsp3) is 0.273. The smallest absolute Gasteiger partial charge is 0.254 e. The summed E-state index contributed by atoms with van der Waals surface area (Å²) in [6, 6.07) is 15.3. The third kappa shape index (κ3) is 3.39. The molecule has 3 heterocycles. The number of rotatable bonds is 5. The molecule has 144 valence electrons. The molecule has 4 rings (SSSR count). The molecule has 1 aromatic carbocycles. The predicted octanol–water partition coefficient (Wildman–Crippen LogP) is 2.77. The Bertz CT molecular complexity index is 968. The number of pyridine rings is 1. The van der Waals surface area contributed by atoms with Crippen LogP contribution in [0, 0.1) is 6.92 Å². The van der Waals surface area contributed by atoms with Crippen LogP contribution in [0.25, 0.3) is 0 Å². The lowest BCUT2D eigenvalue weighted by Crippen LogP contribution is -2.42. The molecular weight excluding hydrogens is 352 g/mol. The Morgan fingerprint density at radius 1 is 1.21 bits per heavy atom. The average Bonchev–Trinajstić information content (AvgIpc) is 3.21. The summed E-state index contributed by atoms with van der Waals surface area (Å²) in [6.45, 7) is 4.20. The SMILES string of the molecule is Cc1ccc(C(=O)N2CCn3cccc3[C@H]2c2ccccn2)cc1OCCN. The number of carbonyl (C=O) groups excluding carboxylic acids is 1. The molecule has 2 aromatic heterocycles. The van der Waals surface area contributed by atoms with Crippen LogP contribution < -0.4 is 10.5 Å². The number of amides is 1. The van der Waals surface area contributed by atoms with Crippen LogP contribution in [0.3, 0.4) is 0 Å². The first-order valence-corrected chi connectivity index (χ1v) is 9.49. The fourth-order valence-corrected chi connectivity index (χ4v) is 3.67. The van der Waals surface area contributed by atoms with Crippen LogP contribution in [0.1, 0.15) is 33.4 Å². The monoisotopic (exact) mass is 376 g/mol. The van der Waals surface area contributed by atoms with Gasteiger partial charge in [-0.3, -0.25) is 9.78 Å². The zero-order chi connectivity index (χ0) is 19.5. The van der Waals surface area contributed by atoms with E-state index in [2.05, 4.69) is 21.8 Å². The van der Waals surface area contributed by atoms with Crippen molar-refractivity contribution in [2.45, 2.75) is 19.5 Å². The molecule has 6 heteroatoms. The van der Waals surface area contributed by atoms with Crippen molar-refractivity contribution in [1.82, 2.24) is 14.5 Å². The molecule has 1 aliphatic heterocycles. The van der Waals surface area contributed by atoms with E-state index >= 15 is 0 Å². The third-order valence-corrected chi connectivity index (χ3v) is 5.08. The first kappa shape index (κ1) is 18.3. The Labute approximate surface area is 164 Å². The molecule has 3 aromatic rings. The summed E-state index contributed by atoms with van der Waals surface area (Å²) in [7, 11) is 0. The Balaban J connectivity index is 1.70. The summed E-state index contributed by atoms with van der Waals surface area (Å²) < 4.78 is 7.90. The minimum Gasteiger partial charge on any atom is -0.492 e. The molecule has 6 nitrogen and oxygen atoms in total. The summed E-state index contributed by atoms with van der Waals surface area (Å²) in [5.41, 5.74) is 9.08. The second-order valence-electron chi connectivity index (χ2n) is 6.90. The number of hydrogen-bond donors (Lipinski definition) is 1. The number of hydrogen-bond acceptors (Lipinski definition) is 4. The van der Waals surface area contributed by atoms with Gasteiger partial charge in [0.15, 0.2) is 0 Å². The van der Waals surface area contributed by atoms with Gasteiger partial charge in [-0.2, -0.15) is 0 Å². The van der Waals surface area contributed by atoms with Gasteiger partial charge < -0.3 is 19.9 Å². The molecule has 0 aliphatic carbocycles. The maximum atomic E-state index is 13.5. The van der Waals surface area contributed by atoms with Gasteiger partial charge in [-0.05, 0) is 48.9 Å². The van der Waals surface area contributed by atoms with E-state index in [1.165, 1.54) is 0 Å². The lowest BCUT2D eigenvalue weighted by Gasteiger charge is -2.36. The molecule has 2 N–H and O–H groups in total. The molecule has 1 amide bonds. The Morgan fingerprint density at radius 2 is 2.11 bits per heavy atom. The Hall–Kier alpha value is -3.12. The molecular formula is C22H24N4O2. The largest absolute Gasteiger partial charge is 0.492 e. The zero-order valence-electron chi connectivity index (χ0n) is 15.9. The molecule has 1 atom stereocenters. The van der Waals surface area contributed by atoms with Crippen LogP contribution in [0.15, 0.2) is 60.9 Å². The lowest BCUT2D eigenvalue weighted by molar-refractivity contribution is 0.0659. The van der Waals surface area contributed by atoms with E-state index in [1.807, 2.05) is 54.3 Å². The predicted molar refractivity (Wildman–Crippen MR) is 107 cm³/mol. The number of nitrogens with zero attached hydrogens (tertiary/aromatic N) is 3. The molecule has 0 radical (unpaired) electrons. The van der Waals surface area contributed by atoms with Crippen molar-refractivity contribution >= 4 is 5.91 Å². The Kier molecular flexibility index (Phi) is 5.12. The number of aromatic nitrogens is 2. The van der Waals surface area contributed by atoms with Crippen LogP contribution in [-0.4, -0.2) is 40.1 Å².